The Morgan fingerprint density at radius 2 is 1.87 bits per heavy atom. The summed E-state index contributed by atoms with van der Waals surface area (Å²) in [5.41, 5.74) is 8.01. The molecule has 0 saturated carbocycles. The zero-order chi connectivity index (χ0) is 22.4. The second-order valence-corrected chi connectivity index (χ2v) is 9.35. The number of unbranched alkanes of at least 4 members (excludes halogenated alkanes) is 1. The Morgan fingerprint density at radius 1 is 1.13 bits per heavy atom. The Labute approximate surface area is 196 Å². The molecule has 1 aliphatic heterocycles. The first-order chi connectivity index (χ1) is 14.7. The minimum atomic E-state index is -4.37. The van der Waals surface area contributed by atoms with Gasteiger partial charge in [-0.3, -0.25) is 4.79 Å². The molecule has 1 heterocycles. The van der Waals surface area contributed by atoms with Gasteiger partial charge in [-0.25, -0.2) is 4.28 Å². The van der Waals surface area contributed by atoms with Gasteiger partial charge in [-0.2, -0.15) is 0 Å². The van der Waals surface area contributed by atoms with Gasteiger partial charge in [-0.15, -0.1) is 8.42 Å². The number of oxime groups is 1. The fraction of sp³-hybridized carbons (Fsp3) is 0.263. The quantitative estimate of drug-likeness (QED) is 0.198. The molecule has 0 spiro atoms. The molecule has 1 aliphatic rings. The summed E-state index contributed by atoms with van der Waals surface area (Å²) in [6.45, 7) is 0.411. The molecule has 31 heavy (non-hydrogen) atoms. The van der Waals surface area contributed by atoms with Crippen LogP contribution >= 0.6 is 31.9 Å². The van der Waals surface area contributed by atoms with Gasteiger partial charge >= 0.3 is 10.4 Å². The minimum Gasteiger partial charge on any atom is -0.494 e. The van der Waals surface area contributed by atoms with Crippen molar-refractivity contribution in [2.45, 2.75) is 25.7 Å². The number of carbonyl (C=O) groups is 1. The van der Waals surface area contributed by atoms with Crippen molar-refractivity contribution in [1.29, 1.82) is 0 Å². The Bertz CT molecular complexity index is 1080. The summed E-state index contributed by atoms with van der Waals surface area (Å²) >= 11 is 6.40. The fourth-order valence-corrected chi connectivity index (χ4v) is 4.37. The number of benzene rings is 2. The number of aryl methyl sites for hydroxylation is 1. The molecule has 0 bridgehead atoms. The summed E-state index contributed by atoms with van der Waals surface area (Å²) in [5.74, 6) is 0.741. The molecule has 0 unspecified atom stereocenters. The summed E-state index contributed by atoms with van der Waals surface area (Å²) in [5, 5.41) is 6.25. The normalized spacial score (nSPS) is 13.5. The lowest BCUT2D eigenvalue weighted by molar-refractivity contribution is -0.116. The van der Waals surface area contributed by atoms with Crippen molar-refractivity contribution in [2.24, 2.45) is 5.16 Å². The van der Waals surface area contributed by atoms with Crippen molar-refractivity contribution in [3.8, 4) is 11.5 Å². The van der Waals surface area contributed by atoms with E-state index in [1.807, 2.05) is 12.1 Å². The molecule has 2 aromatic carbocycles. The van der Waals surface area contributed by atoms with Crippen LogP contribution in [0.25, 0.3) is 0 Å². The molecule has 2 aromatic rings. The number of nitrogens with two attached hydrogens (primary N) is 1. The number of halogens is 2. The van der Waals surface area contributed by atoms with Crippen LogP contribution in [0.2, 0.25) is 0 Å². The van der Waals surface area contributed by atoms with E-state index < -0.39 is 10.4 Å². The van der Waals surface area contributed by atoms with Gasteiger partial charge in [0.25, 0.3) is 0 Å². The highest BCUT2D eigenvalue weighted by Gasteiger charge is 2.17. The van der Waals surface area contributed by atoms with Gasteiger partial charge < -0.3 is 20.0 Å². The number of nitrogens with one attached hydrogen (secondary N) is 1. The van der Waals surface area contributed by atoms with Crippen LogP contribution in [-0.4, -0.2) is 27.1 Å². The van der Waals surface area contributed by atoms with Gasteiger partial charge in [-0.1, -0.05) is 5.16 Å². The fourth-order valence-electron chi connectivity index (χ4n) is 2.69. The summed E-state index contributed by atoms with van der Waals surface area (Å²) in [6, 6.07) is 8.32. The topological polar surface area (TPSA) is 129 Å². The lowest BCUT2D eigenvalue weighted by atomic mass is 10.0. The molecule has 9 nitrogen and oxygen atoms in total. The van der Waals surface area contributed by atoms with Gasteiger partial charge in [0.15, 0.2) is 0 Å². The third-order valence-corrected chi connectivity index (χ3v) is 6.16. The lowest BCUT2D eigenvalue weighted by Gasteiger charge is -2.17. The van der Waals surface area contributed by atoms with Crippen molar-refractivity contribution >= 4 is 65.8 Å². The van der Waals surface area contributed by atoms with Crippen LogP contribution in [0, 0.1) is 0 Å². The van der Waals surface area contributed by atoms with Crippen molar-refractivity contribution in [3.05, 3.63) is 44.8 Å². The number of fused-ring (bicyclic) bond motifs is 1. The molecule has 166 valence electrons. The molecular weight excluding hydrogens is 558 g/mol. The summed E-state index contributed by atoms with van der Waals surface area (Å²) in [7, 11) is -4.37. The number of hydrogen-bond acceptors (Lipinski definition) is 8. The van der Waals surface area contributed by atoms with Crippen LogP contribution in [0.5, 0.6) is 11.5 Å². The number of nitrogens with zero attached hydrogens (tertiary/aromatic N) is 1. The Hall–Kier alpha value is -2.31. The molecule has 0 aliphatic carbocycles. The number of amides is 1. The van der Waals surface area contributed by atoms with E-state index in [0.29, 0.717) is 52.7 Å². The number of rotatable bonds is 9. The number of ether oxygens (including phenoxy) is 1. The van der Waals surface area contributed by atoms with Crippen LogP contribution in [0.4, 0.5) is 11.4 Å². The molecule has 3 rings (SSSR count). The van der Waals surface area contributed by atoms with Gasteiger partial charge in [0.2, 0.25) is 5.91 Å². The van der Waals surface area contributed by atoms with Crippen molar-refractivity contribution in [3.63, 3.8) is 0 Å². The highest BCUT2D eigenvalue weighted by Crippen LogP contribution is 2.33. The van der Waals surface area contributed by atoms with Gasteiger partial charge in [0, 0.05) is 27.3 Å². The van der Waals surface area contributed by atoms with E-state index in [1.54, 1.807) is 6.07 Å². The molecule has 0 atom stereocenters. The van der Waals surface area contributed by atoms with Crippen molar-refractivity contribution in [1.82, 2.24) is 0 Å². The number of nitrogen functional groups attached to an aromatic ring is 1. The van der Waals surface area contributed by atoms with E-state index in [4.69, 9.17) is 14.7 Å². The van der Waals surface area contributed by atoms with E-state index >= 15 is 0 Å². The zero-order valence-corrected chi connectivity index (χ0v) is 20.1. The van der Waals surface area contributed by atoms with E-state index in [-0.39, 0.29) is 11.7 Å². The standard InChI is InChI=1S/C19H19Br2N3O6S/c20-15-10-14(11-16(21)19(15)22)29-31(26,27)30-23-7-1-2-8-28-13-4-5-17-12(9-13)3-6-18(25)24-17/h4-5,7,9-11H,1-3,6,8,22H2,(H,24,25). The van der Waals surface area contributed by atoms with E-state index in [9.17, 15) is 13.2 Å². The van der Waals surface area contributed by atoms with E-state index in [1.165, 1.54) is 18.3 Å². The minimum absolute atomic E-state index is 0.0150. The monoisotopic (exact) mass is 575 g/mol. The third-order valence-electron chi connectivity index (χ3n) is 4.18. The largest absolute Gasteiger partial charge is 0.521 e. The highest BCUT2D eigenvalue weighted by atomic mass is 79.9. The number of carbonyl (C=O) groups excluding carboxylic acids is 1. The second kappa shape index (κ2) is 10.3. The van der Waals surface area contributed by atoms with Crippen molar-refractivity contribution < 1.29 is 26.4 Å². The molecular formula is C19H19Br2N3O6S. The SMILES string of the molecule is Nc1c(Br)cc(OS(=O)(=O)ON=CCCCOc2ccc3c(c2)CCC(=O)N3)cc1Br. The molecule has 1 amide bonds. The molecule has 12 heteroatoms. The van der Waals surface area contributed by atoms with Crippen LogP contribution in [0.1, 0.15) is 24.8 Å². The predicted molar refractivity (Wildman–Crippen MR) is 124 cm³/mol. The highest BCUT2D eigenvalue weighted by molar-refractivity contribution is 9.11. The maximum atomic E-state index is 11.8. The average Bonchev–Trinajstić information content (AvgIpc) is 2.71. The molecule has 0 radical (unpaired) electrons. The molecule has 3 N–H and O–H groups in total. The average molecular weight is 577 g/mol. The first-order valence-electron chi connectivity index (χ1n) is 9.18. The van der Waals surface area contributed by atoms with Crippen LogP contribution in [-0.2, 0) is 25.9 Å². The Balaban J connectivity index is 1.40. The molecule has 0 saturated heterocycles. The summed E-state index contributed by atoms with van der Waals surface area (Å²) in [4.78, 5) is 11.4. The number of anilines is 2. The van der Waals surface area contributed by atoms with Gasteiger partial charge in [-0.05, 0) is 87.0 Å². The Morgan fingerprint density at radius 3 is 2.61 bits per heavy atom. The summed E-state index contributed by atoms with van der Waals surface area (Å²) < 4.78 is 39.6. The predicted octanol–water partition coefficient (Wildman–Crippen LogP) is 4.16. The van der Waals surface area contributed by atoms with Crippen molar-refractivity contribution in [2.75, 3.05) is 17.7 Å². The van der Waals surface area contributed by atoms with Crippen LogP contribution < -0.4 is 20.0 Å². The molecule has 0 fully saturated rings. The first-order valence-corrected chi connectivity index (χ1v) is 12.1. The second-order valence-electron chi connectivity index (χ2n) is 6.51. The third kappa shape index (κ3) is 6.84. The maximum Gasteiger partial charge on any atom is 0.521 e. The van der Waals surface area contributed by atoms with E-state index in [2.05, 4.69) is 46.6 Å². The number of hydrogen-bond donors (Lipinski definition) is 2. The Kier molecular flexibility index (Phi) is 7.79. The molecule has 0 aromatic heterocycles. The van der Waals surface area contributed by atoms with Gasteiger partial charge in [0.1, 0.15) is 11.5 Å². The van der Waals surface area contributed by atoms with Gasteiger partial charge in [0.05, 0.1) is 12.3 Å². The van der Waals surface area contributed by atoms with E-state index in [0.717, 1.165) is 11.3 Å². The summed E-state index contributed by atoms with van der Waals surface area (Å²) in [6.07, 6.45) is 3.51. The van der Waals surface area contributed by atoms with Crippen LogP contribution in [0.3, 0.4) is 0 Å². The zero-order valence-electron chi connectivity index (χ0n) is 16.1. The smallest absolute Gasteiger partial charge is 0.494 e. The maximum absolute atomic E-state index is 11.8. The van der Waals surface area contributed by atoms with Crippen LogP contribution in [0.15, 0.2) is 44.4 Å². The first kappa shape index (κ1) is 23.4. The lowest BCUT2D eigenvalue weighted by Crippen LogP contribution is -2.18.